The van der Waals surface area contributed by atoms with E-state index in [4.69, 9.17) is 21.4 Å². The molecule has 9 heteroatoms. The maximum Gasteiger partial charge on any atom is 0.280 e. The summed E-state index contributed by atoms with van der Waals surface area (Å²) in [4.78, 5) is 17.7. The molecule has 0 aliphatic carbocycles. The second-order valence-corrected chi connectivity index (χ2v) is 8.29. The highest BCUT2D eigenvalue weighted by Gasteiger charge is 2.42. The van der Waals surface area contributed by atoms with Gasteiger partial charge in [-0.3, -0.25) is 15.1 Å². The number of para-hydroxylation sites is 1. The first-order valence-corrected chi connectivity index (χ1v) is 11.5. The summed E-state index contributed by atoms with van der Waals surface area (Å²) in [6.45, 7) is 2.51. The molecular formula is C26H22N4O4S. The Morgan fingerprint density at radius 3 is 2.57 bits per heavy atom. The van der Waals surface area contributed by atoms with Gasteiger partial charge in [-0.1, -0.05) is 18.2 Å². The predicted molar refractivity (Wildman–Crippen MR) is 136 cm³/mol. The number of rotatable bonds is 7. The van der Waals surface area contributed by atoms with E-state index in [0.717, 1.165) is 17.1 Å². The topological polar surface area (TPSA) is 93.7 Å². The summed E-state index contributed by atoms with van der Waals surface area (Å²) < 4.78 is 11.8. The van der Waals surface area contributed by atoms with Crippen molar-refractivity contribution < 1.29 is 14.1 Å². The summed E-state index contributed by atoms with van der Waals surface area (Å²) in [5.74, 6) is 1.79. The van der Waals surface area contributed by atoms with Gasteiger partial charge in [0.15, 0.2) is 5.11 Å². The zero-order chi connectivity index (χ0) is 24.4. The summed E-state index contributed by atoms with van der Waals surface area (Å²) in [5, 5.41) is 15.5. The lowest BCUT2D eigenvalue weighted by molar-refractivity contribution is -0.384. The van der Waals surface area contributed by atoms with E-state index in [1.54, 1.807) is 30.5 Å². The lowest BCUT2D eigenvalue weighted by atomic mass is 10.0. The van der Waals surface area contributed by atoms with Gasteiger partial charge in [-0.05, 0) is 73.7 Å². The number of thiocarbonyl (C=S) groups is 1. The van der Waals surface area contributed by atoms with Gasteiger partial charge < -0.3 is 19.4 Å². The van der Waals surface area contributed by atoms with E-state index in [2.05, 4.69) is 10.3 Å². The highest BCUT2D eigenvalue weighted by atomic mass is 32.1. The van der Waals surface area contributed by atoms with Crippen LogP contribution in [-0.2, 0) is 0 Å². The van der Waals surface area contributed by atoms with E-state index in [9.17, 15) is 10.1 Å². The van der Waals surface area contributed by atoms with Crippen molar-refractivity contribution in [2.24, 2.45) is 0 Å². The fourth-order valence-electron chi connectivity index (χ4n) is 4.29. The minimum absolute atomic E-state index is 0.0156. The van der Waals surface area contributed by atoms with Crippen LogP contribution in [-0.4, -0.2) is 21.6 Å². The first kappa shape index (κ1) is 22.5. The van der Waals surface area contributed by atoms with Crippen LogP contribution in [0.5, 0.6) is 5.75 Å². The van der Waals surface area contributed by atoms with Crippen LogP contribution in [0.3, 0.4) is 0 Å². The Hall–Kier alpha value is -4.24. The molecule has 35 heavy (non-hydrogen) atoms. The quantitative estimate of drug-likeness (QED) is 0.198. The van der Waals surface area contributed by atoms with Crippen molar-refractivity contribution in [3.8, 4) is 17.1 Å². The zero-order valence-corrected chi connectivity index (χ0v) is 19.6. The van der Waals surface area contributed by atoms with Crippen LogP contribution in [0.4, 0.5) is 11.4 Å². The molecule has 2 aromatic heterocycles. The lowest BCUT2D eigenvalue weighted by Crippen LogP contribution is -2.29. The average Bonchev–Trinajstić information content (AvgIpc) is 3.50. The number of nitrogens with one attached hydrogen (secondary N) is 1. The van der Waals surface area contributed by atoms with Crippen molar-refractivity contribution in [2.45, 2.75) is 19.0 Å². The van der Waals surface area contributed by atoms with Crippen LogP contribution in [0.2, 0.25) is 0 Å². The van der Waals surface area contributed by atoms with Crippen molar-refractivity contribution in [2.75, 3.05) is 11.5 Å². The smallest absolute Gasteiger partial charge is 0.280 e. The normalized spacial score (nSPS) is 17.3. The fourth-order valence-corrected chi connectivity index (χ4v) is 4.64. The zero-order valence-electron chi connectivity index (χ0n) is 18.8. The fraction of sp³-hybridized carbons (Fsp3) is 0.154. The van der Waals surface area contributed by atoms with Crippen LogP contribution < -0.4 is 15.0 Å². The maximum absolute atomic E-state index is 11.6. The third kappa shape index (κ3) is 4.33. The van der Waals surface area contributed by atoms with Gasteiger partial charge in [0.1, 0.15) is 23.3 Å². The third-order valence-corrected chi connectivity index (χ3v) is 6.12. The largest absolute Gasteiger partial charge is 0.494 e. The number of hydrogen-bond donors (Lipinski definition) is 1. The molecule has 8 nitrogen and oxygen atoms in total. The predicted octanol–water partition coefficient (Wildman–Crippen LogP) is 5.83. The van der Waals surface area contributed by atoms with Gasteiger partial charge in [-0.2, -0.15) is 0 Å². The molecule has 0 radical (unpaired) electrons. The third-order valence-electron chi connectivity index (χ3n) is 5.81. The number of pyridine rings is 1. The van der Waals surface area contributed by atoms with Crippen LogP contribution in [0.25, 0.3) is 11.3 Å². The van der Waals surface area contributed by atoms with E-state index in [-0.39, 0.29) is 17.8 Å². The van der Waals surface area contributed by atoms with Crippen molar-refractivity contribution >= 4 is 28.7 Å². The molecule has 3 heterocycles. The molecule has 1 saturated heterocycles. The molecule has 0 saturated carbocycles. The standard InChI is InChI=1S/C26H22N4O4S/c1-2-33-18-12-10-17(11-13-18)29-25(24(28-26(29)35)20-8-5-6-16-27-20)23-15-14-22(34-23)19-7-3-4-9-21(19)30(31)32/h3-16,24-25H,2H2,1H3,(H,28,35)/t24-,25+/m1/s1. The Morgan fingerprint density at radius 2 is 1.86 bits per heavy atom. The number of hydrogen-bond acceptors (Lipinski definition) is 6. The molecule has 2 aromatic carbocycles. The number of benzene rings is 2. The van der Waals surface area contributed by atoms with Gasteiger partial charge in [-0.15, -0.1) is 0 Å². The Labute approximate surface area is 207 Å². The molecule has 1 aliphatic heterocycles. The maximum atomic E-state index is 11.6. The second-order valence-electron chi connectivity index (χ2n) is 7.90. The number of aromatic nitrogens is 1. The van der Waals surface area contributed by atoms with Crippen LogP contribution >= 0.6 is 12.2 Å². The number of anilines is 1. The summed E-state index contributed by atoms with van der Waals surface area (Å²) in [6, 6.07) is 22.8. The van der Waals surface area contributed by atoms with Crippen LogP contribution in [0.1, 0.15) is 30.5 Å². The van der Waals surface area contributed by atoms with Gasteiger partial charge in [0, 0.05) is 18.0 Å². The minimum Gasteiger partial charge on any atom is -0.494 e. The molecule has 0 amide bonds. The Morgan fingerprint density at radius 1 is 1.09 bits per heavy atom. The molecule has 4 aromatic rings. The molecule has 0 spiro atoms. The second kappa shape index (κ2) is 9.55. The molecule has 0 unspecified atom stereocenters. The molecule has 2 atom stereocenters. The average molecular weight is 487 g/mol. The number of nitrogens with zero attached hydrogens (tertiary/aromatic N) is 3. The molecule has 1 N–H and O–H groups in total. The molecule has 1 fully saturated rings. The number of nitro benzene ring substituents is 1. The number of furan rings is 1. The molecule has 0 bridgehead atoms. The van der Waals surface area contributed by atoms with Crippen LogP contribution in [0, 0.1) is 10.1 Å². The molecule has 1 aliphatic rings. The highest BCUT2D eigenvalue weighted by molar-refractivity contribution is 7.80. The molecule has 5 rings (SSSR count). The summed E-state index contributed by atoms with van der Waals surface area (Å²) in [5.41, 5.74) is 2.06. The van der Waals surface area contributed by atoms with E-state index >= 15 is 0 Å². The first-order chi connectivity index (χ1) is 17.1. The van der Waals surface area contributed by atoms with Crippen LogP contribution in [0.15, 0.2) is 89.5 Å². The SMILES string of the molecule is CCOc1ccc(N2C(=S)N[C@H](c3ccccn3)[C@@H]2c2ccc(-c3ccccc3[N+](=O)[O-])o2)cc1. The van der Waals surface area contributed by atoms with E-state index < -0.39 is 4.92 Å². The summed E-state index contributed by atoms with van der Waals surface area (Å²) >= 11 is 5.74. The van der Waals surface area contributed by atoms with E-state index in [1.807, 2.05) is 60.4 Å². The molecule has 176 valence electrons. The Bertz CT molecular complexity index is 1360. The van der Waals surface area contributed by atoms with Crippen molar-refractivity contribution in [3.63, 3.8) is 0 Å². The van der Waals surface area contributed by atoms with Crippen molar-refractivity contribution in [1.82, 2.24) is 10.3 Å². The first-order valence-electron chi connectivity index (χ1n) is 11.1. The Balaban J connectivity index is 1.58. The van der Waals surface area contributed by atoms with Gasteiger partial charge >= 0.3 is 0 Å². The molecular weight excluding hydrogens is 464 g/mol. The number of ether oxygens (including phenoxy) is 1. The van der Waals surface area contributed by atoms with E-state index in [0.29, 0.717) is 28.8 Å². The monoisotopic (exact) mass is 486 g/mol. The van der Waals surface area contributed by atoms with Gasteiger partial charge in [-0.25, -0.2) is 0 Å². The Kier molecular flexibility index (Phi) is 6.15. The van der Waals surface area contributed by atoms with Crippen molar-refractivity contribution in [3.05, 3.63) is 107 Å². The lowest BCUT2D eigenvalue weighted by Gasteiger charge is -2.26. The summed E-state index contributed by atoms with van der Waals surface area (Å²) in [6.07, 6.45) is 1.73. The number of nitro groups is 1. The van der Waals surface area contributed by atoms with Gasteiger partial charge in [0.25, 0.3) is 5.69 Å². The van der Waals surface area contributed by atoms with Gasteiger partial charge in [0.2, 0.25) is 0 Å². The highest BCUT2D eigenvalue weighted by Crippen LogP contribution is 2.43. The van der Waals surface area contributed by atoms with Gasteiger partial charge in [0.05, 0.1) is 28.8 Å². The minimum atomic E-state index is -0.410. The van der Waals surface area contributed by atoms with E-state index in [1.165, 1.54) is 6.07 Å². The van der Waals surface area contributed by atoms with Crippen molar-refractivity contribution in [1.29, 1.82) is 0 Å². The summed E-state index contributed by atoms with van der Waals surface area (Å²) in [7, 11) is 0.